The van der Waals surface area contributed by atoms with E-state index in [9.17, 15) is 0 Å². The zero-order valence-electron chi connectivity index (χ0n) is 11.9. The molecule has 3 rings (SSSR count). The van der Waals surface area contributed by atoms with Gasteiger partial charge in [0.05, 0.1) is 11.1 Å². The molecule has 0 aliphatic heterocycles. The first-order valence-electron chi connectivity index (χ1n) is 7.15. The Balaban J connectivity index is 2.20. The van der Waals surface area contributed by atoms with E-state index in [2.05, 4.69) is 9.67 Å². The summed E-state index contributed by atoms with van der Waals surface area (Å²) in [6.07, 6.45) is 6.41. The van der Waals surface area contributed by atoms with Gasteiger partial charge in [0.2, 0.25) is 0 Å². The van der Waals surface area contributed by atoms with Crippen molar-refractivity contribution in [2.24, 2.45) is 7.05 Å². The molecule has 0 radical (unpaired) electrons. The molecule has 2 aromatic rings. The van der Waals surface area contributed by atoms with Crippen LogP contribution in [0.4, 0.5) is 0 Å². The fourth-order valence-corrected chi connectivity index (χ4v) is 3.45. The largest absolute Gasteiger partial charge is 0.309 e. The molecule has 5 heteroatoms. The standard InChI is InChI=1S/C14H21ClN4/c1-9(15)13-16-12-10(2)17-18(3)14(12)19(13)11-7-5-4-6-8-11/h9,11H,4-8H2,1-3H3. The quantitative estimate of drug-likeness (QED) is 0.783. The van der Waals surface area contributed by atoms with Gasteiger partial charge in [0.25, 0.3) is 0 Å². The minimum absolute atomic E-state index is 0.0614. The fraction of sp³-hybridized carbons (Fsp3) is 0.714. The van der Waals surface area contributed by atoms with Crippen LogP contribution in [0.5, 0.6) is 0 Å². The second-order valence-corrected chi connectivity index (χ2v) is 6.28. The Kier molecular flexibility index (Phi) is 3.29. The molecule has 1 atom stereocenters. The molecule has 104 valence electrons. The van der Waals surface area contributed by atoms with E-state index in [1.807, 2.05) is 25.6 Å². The summed E-state index contributed by atoms with van der Waals surface area (Å²) in [6.45, 7) is 4.02. The SMILES string of the molecule is Cc1nn(C)c2c1nc(C(C)Cl)n2C1CCCCC1. The maximum Gasteiger partial charge on any atom is 0.158 e. The summed E-state index contributed by atoms with van der Waals surface area (Å²) >= 11 is 6.35. The molecule has 2 heterocycles. The summed E-state index contributed by atoms with van der Waals surface area (Å²) in [6, 6.07) is 0.532. The van der Waals surface area contributed by atoms with Crippen LogP contribution in [0.3, 0.4) is 0 Å². The Morgan fingerprint density at radius 1 is 1.26 bits per heavy atom. The fourth-order valence-electron chi connectivity index (χ4n) is 3.29. The first kappa shape index (κ1) is 13.0. The summed E-state index contributed by atoms with van der Waals surface area (Å²) in [5.41, 5.74) is 3.13. The highest BCUT2D eigenvalue weighted by Gasteiger charge is 2.26. The molecule has 4 nitrogen and oxygen atoms in total. The van der Waals surface area contributed by atoms with E-state index >= 15 is 0 Å². The van der Waals surface area contributed by atoms with Crippen LogP contribution in [0, 0.1) is 6.92 Å². The lowest BCUT2D eigenvalue weighted by Crippen LogP contribution is -2.17. The number of aromatic nitrogens is 4. The minimum atomic E-state index is -0.0614. The summed E-state index contributed by atoms with van der Waals surface area (Å²) in [5, 5.41) is 4.44. The van der Waals surface area contributed by atoms with Crippen LogP contribution in [0.15, 0.2) is 0 Å². The second kappa shape index (κ2) is 4.82. The summed E-state index contributed by atoms with van der Waals surface area (Å²) < 4.78 is 4.31. The van der Waals surface area contributed by atoms with Gasteiger partial charge in [0.15, 0.2) is 5.65 Å². The number of alkyl halides is 1. The number of rotatable bonds is 2. The van der Waals surface area contributed by atoms with E-state index in [-0.39, 0.29) is 5.38 Å². The third-order valence-electron chi connectivity index (χ3n) is 4.16. The Morgan fingerprint density at radius 3 is 2.58 bits per heavy atom. The van der Waals surface area contributed by atoms with Crippen LogP contribution in [-0.4, -0.2) is 19.3 Å². The van der Waals surface area contributed by atoms with Crippen molar-refractivity contribution in [1.82, 2.24) is 19.3 Å². The molecule has 1 aliphatic rings. The van der Waals surface area contributed by atoms with Gasteiger partial charge in [-0.1, -0.05) is 19.3 Å². The van der Waals surface area contributed by atoms with Crippen molar-refractivity contribution >= 4 is 22.8 Å². The Hall–Kier alpha value is -1.03. The highest BCUT2D eigenvalue weighted by molar-refractivity contribution is 6.20. The van der Waals surface area contributed by atoms with Crippen molar-refractivity contribution in [3.05, 3.63) is 11.5 Å². The number of halogens is 1. The van der Waals surface area contributed by atoms with Crippen molar-refractivity contribution in [2.45, 2.75) is 57.4 Å². The maximum atomic E-state index is 6.35. The number of hydrogen-bond donors (Lipinski definition) is 0. The molecule has 19 heavy (non-hydrogen) atoms. The molecule has 0 spiro atoms. The summed E-state index contributed by atoms with van der Waals surface area (Å²) in [7, 11) is 2.00. The van der Waals surface area contributed by atoms with Crippen molar-refractivity contribution in [1.29, 1.82) is 0 Å². The molecule has 1 aliphatic carbocycles. The summed E-state index contributed by atoms with van der Waals surface area (Å²) in [4.78, 5) is 4.76. The molecule has 0 saturated heterocycles. The lowest BCUT2D eigenvalue weighted by Gasteiger charge is -2.26. The van der Waals surface area contributed by atoms with Gasteiger partial charge >= 0.3 is 0 Å². The monoisotopic (exact) mass is 280 g/mol. The van der Waals surface area contributed by atoms with Gasteiger partial charge < -0.3 is 4.57 Å². The van der Waals surface area contributed by atoms with Gasteiger partial charge in [0, 0.05) is 13.1 Å². The van der Waals surface area contributed by atoms with Gasteiger partial charge in [-0.3, -0.25) is 4.68 Å². The molecule has 0 bridgehead atoms. The van der Waals surface area contributed by atoms with Crippen molar-refractivity contribution in [3.8, 4) is 0 Å². The average Bonchev–Trinajstić information content (AvgIpc) is 2.90. The molecule has 1 fully saturated rings. The van der Waals surface area contributed by atoms with Crippen LogP contribution in [0.2, 0.25) is 0 Å². The molecule has 1 saturated carbocycles. The van der Waals surface area contributed by atoms with E-state index in [4.69, 9.17) is 16.6 Å². The molecule has 1 unspecified atom stereocenters. The van der Waals surface area contributed by atoms with E-state index in [1.165, 1.54) is 32.1 Å². The number of nitrogens with zero attached hydrogens (tertiary/aromatic N) is 4. The van der Waals surface area contributed by atoms with Crippen molar-refractivity contribution in [3.63, 3.8) is 0 Å². The van der Waals surface area contributed by atoms with E-state index in [0.29, 0.717) is 6.04 Å². The van der Waals surface area contributed by atoms with Gasteiger partial charge in [-0.25, -0.2) is 4.98 Å². The van der Waals surface area contributed by atoms with Crippen LogP contribution in [0.25, 0.3) is 11.2 Å². The number of fused-ring (bicyclic) bond motifs is 1. The summed E-state index contributed by atoms with van der Waals surface area (Å²) in [5.74, 6) is 1.000. The topological polar surface area (TPSA) is 35.6 Å². The molecule has 2 aromatic heterocycles. The number of hydrogen-bond acceptors (Lipinski definition) is 2. The highest BCUT2D eigenvalue weighted by Crippen LogP contribution is 2.35. The minimum Gasteiger partial charge on any atom is -0.309 e. The Morgan fingerprint density at radius 2 is 1.95 bits per heavy atom. The van der Waals surface area contributed by atoms with E-state index in [1.54, 1.807) is 0 Å². The highest BCUT2D eigenvalue weighted by atomic mass is 35.5. The molecular weight excluding hydrogens is 260 g/mol. The number of aryl methyl sites for hydroxylation is 2. The zero-order valence-corrected chi connectivity index (χ0v) is 12.6. The first-order valence-corrected chi connectivity index (χ1v) is 7.58. The van der Waals surface area contributed by atoms with E-state index < -0.39 is 0 Å². The lowest BCUT2D eigenvalue weighted by atomic mass is 9.95. The van der Waals surface area contributed by atoms with Crippen LogP contribution < -0.4 is 0 Å². The van der Waals surface area contributed by atoms with E-state index in [0.717, 1.165) is 22.7 Å². The van der Waals surface area contributed by atoms with Gasteiger partial charge in [-0.15, -0.1) is 11.6 Å². The molecule has 0 amide bonds. The Labute approximate surface area is 118 Å². The zero-order chi connectivity index (χ0) is 13.6. The van der Waals surface area contributed by atoms with Crippen molar-refractivity contribution < 1.29 is 0 Å². The lowest BCUT2D eigenvalue weighted by molar-refractivity contribution is 0.349. The van der Waals surface area contributed by atoms with Crippen LogP contribution >= 0.6 is 11.6 Å². The van der Waals surface area contributed by atoms with Crippen LogP contribution in [0.1, 0.15) is 62.0 Å². The van der Waals surface area contributed by atoms with Gasteiger partial charge in [-0.2, -0.15) is 5.10 Å². The molecule has 0 N–H and O–H groups in total. The molecular formula is C14H21ClN4. The van der Waals surface area contributed by atoms with Crippen molar-refractivity contribution in [2.75, 3.05) is 0 Å². The second-order valence-electron chi connectivity index (χ2n) is 5.63. The third-order valence-corrected chi connectivity index (χ3v) is 4.35. The third kappa shape index (κ3) is 2.06. The first-order chi connectivity index (χ1) is 9.09. The predicted molar refractivity (Wildman–Crippen MR) is 77.6 cm³/mol. The predicted octanol–water partition coefficient (Wildman–Crippen LogP) is 3.88. The Bertz CT molecular complexity index is 590. The molecule has 0 aromatic carbocycles. The average molecular weight is 281 g/mol. The van der Waals surface area contributed by atoms with Crippen LogP contribution in [-0.2, 0) is 7.05 Å². The number of imidazole rings is 1. The normalized spacial score (nSPS) is 19.2. The maximum absolute atomic E-state index is 6.35. The van der Waals surface area contributed by atoms with Gasteiger partial charge in [-0.05, 0) is 26.7 Å². The smallest absolute Gasteiger partial charge is 0.158 e. The van der Waals surface area contributed by atoms with Gasteiger partial charge in [0.1, 0.15) is 11.3 Å².